The molecule has 0 saturated carbocycles. The Morgan fingerprint density at radius 3 is 1.18 bits per heavy atom. The van der Waals surface area contributed by atoms with Gasteiger partial charge in [-0.2, -0.15) is 0 Å². The molecule has 0 fully saturated rings. The fraction of sp³-hybridized carbons (Fsp3) is 0.0385. The van der Waals surface area contributed by atoms with E-state index < -0.39 is 7.26 Å². The summed E-state index contributed by atoms with van der Waals surface area (Å²) < 4.78 is 0. The maximum atomic E-state index is 14.1. The quantitative estimate of drug-likeness (QED) is 0.449. The van der Waals surface area contributed by atoms with E-state index in [0.717, 1.165) is 21.5 Å². The van der Waals surface area contributed by atoms with E-state index in [1.807, 2.05) is 84.9 Å². The van der Waals surface area contributed by atoms with Crippen LogP contribution in [-0.2, 0) is 11.2 Å². The Labute approximate surface area is 167 Å². The molecule has 4 aromatic carbocycles. The molecular formula is C26H23OP. The molecule has 0 aliphatic rings. The van der Waals surface area contributed by atoms with Gasteiger partial charge in [-0.1, -0.05) is 0 Å². The van der Waals surface area contributed by atoms with Crippen molar-refractivity contribution in [3.63, 3.8) is 0 Å². The van der Waals surface area contributed by atoms with Gasteiger partial charge < -0.3 is 0 Å². The third kappa shape index (κ3) is 3.42. The van der Waals surface area contributed by atoms with Gasteiger partial charge in [0.05, 0.1) is 0 Å². The van der Waals surface area contributed by atoms with Crippen molar-refractivity contribution in [2.45, 2.75) is 6.42 Å². The van der Waals surface area contributed by atoms with Crippen LogP contribution in [0.25, 0.3) is 0 Å². The van der Waals surface area contributed by atoms with Gasteiger partial charge in [0.15, 0.2) is 0 Å². The van der Waals surface area contributed by atoms with Crippen molar-refractivity contribution in [2.75, 3.05) is 0 Å². The first-order valence-electron chi connectivity index (χ1n) is 9.55. The molecule has 0 aliphatic heterocycles. The Hall–Kier alpha value is -3.02. The van der Waals surface area contributed by atoms with E-state index in [-0.39, 0.29) is 0 Å². The maximum absolute atomic E-state index is 14.1. The number of hydrogen-bond donors (Lipinski definition) is 0. The number of rotatable bonds is 6. The fourth-order valence-corrected chi connectivity index (χ4v) is 8.47. The Balaban J connectivity index is 1.97. The SMILES string of the molecule is O=C(Cc1ccccc1)[PH](c1ccccc1)(c1ccccc1)c1ccccc1. The summed E-state index contributed by atoms with van der Waals surface area (Å²) in [6.45, 7) is 0. The molecule has 0 amide bonds. The molecule has 4 rings (SSSR count). The van der Waals surface area contributed by atoms with E-state index in [4.69, 9.17) is 0 Å². The van der Waals surface area contributed by atoms with Gasteiger partial charge in [0, 0.05) is 0 Å². The third-order valence-electron chi connectivity index (χ3n) is 5.25. The first-order valence-corrected chi connectivity index (χ1v) is 11.6. The van der Waals surface area contributed by atoms with Gasteiger partial charge >= 0.3 is 167 Å². The van der Waals surface area contributed by atoms with Crippen LogP contribution in [0.4, 0.5) is 0 Å². The summed E-state index contributed by atoms with van der Waals surface area (Å²) in [5.41, 5.74) is 1.37. The van der Waals surface area contributed by atoms with Crippen molar-refractivity contribution in [2.24, 2.45) is 0 Å². The molecule has 0 bridgehead atoms. The van der Waals surface area contributed by atoms with Crippen molar-refractivity contribution in [3.8, 4) is 0 Å². The second-order valence-corrected chi connectivity index (χ2v) is 10.7. The molecule has 138 valence electrons. The minimum atomic E-state index is -2.85. The molecular weight excluding hydrogens is 359 g/mol. The monoisotopic (exact) mass is 382 g/mol. The van der Waals surface area contributed by atoms with E-state index in [9.17, 15) is 4.79 Å². The zero-order valence-corrected chi connectivity index (χ0v) is 16.7. The van der Waals surface area contributed by atoms with Crippen LogP contribution < -0.4 is 15.9 Å². The van der Waals surface area contributed by atoms with E-state index >= 15 is 0 Å². The van der Waals surface area contributed by atoms with Crippen LogP contribution in [0.1, 0.15) is 5.56 Å². The van der Waals surface area contributed by atoms with Crippen molar-refractivity contribution in [1.29, 1.82) is 0 Å². The molecule has 2 heteroatoms. The summed E-state index contributed by atoms with van der Waals surface area (Å²) in [6, 6.07) is 41.1. The minimum absolute atomic E-state index is 0.308. The van der Waals surface area contributed by atoms with Crippen molar-refractivity contribution in [3.05, 3.63) is 127 Å². The number of carbonyl (C=O) groups is 1. The van der Waals surface area contributed by atoms with Gasteiger partial charge in [0.2, 0.25) is 0 Å². The van der Waals surface area contributed by atoms with E-state index in [1.165, 1.54) is 0 Å². The van der Waals surface area contributed by atoms with Crippen LogP contribution in [-0.4, -0.2) is 5.52 Å². The van der Waals surface area contributed by atoms with Crippen molar-refractivity contribution in [1.82, 2.24) is 0 Å². The number of hydrogen-bond acceptors (Lipinski definition) is 1. The normalized spacial score (nSPS) is 11.7. The van der Waals surface area contributed by atoms with Crippen LogP contribution in [0.5, 0.6) is 0 Å². The predicted octanol–water partition coefficient (Wildman–Crippen LogP) is 4.48. The Bertz CT molecular complexity index is 932. The van der Waals surface area contributed by atoms with Gasteiger partial charge in [-0.15, -0.1) is 0 Å². The van der Waals surface area contributed by atoms with Crippen LogP contribution in [0.2, 0.25) is 0 Å². The number of carbonyl (C=O) groups excluding carboxylic acids is 1. The fourth-order valence-electron chi connectivity index (χ4n) is 3.96. The summed E-state index contributed by atoms with van der Waals surface area (Å²) in [5, 5.41) is 3.40. The molecule has 0 radical (unpaired) electrons. The van der Waals surface area contributed by atoms with Gasteiger partial charge in [-0.3, -0.25) is 0 Å². The van der Waals surface area contributed by atoms with Crippen LogP contribution in [0.3, 0.4) is 0 Å². The molecule has 0 aromatic heterocycles. The molecule has 0 N–H and O–H groups in total. The summed E-state index contributed by atoms with van der Waals surface area (Å²) >= 11 is 0. The Kier molecular flexibility index (Phi) is 5.46. The summed E-state index contributed by atoms with van der Waals surface area (Å²) in [7, 11) is -2.85. The Morgan fingerprint density at radius 2 is 0.821 bits per heavy atom. The second-order valence-electron chi connectivity index (χ2n) is 6.93. The van der Waals surface area contributed by atoms with E-state index in [1.54, 1.807) is 0 Å². The van der Waals surface area contributed by atoms with Crippen LogP contribution in [0.15, 0.2) is 121 Å². The molecule has 0 atom stereocenters. The average molecular weight is 382 g/mol. The molecule has 0 aliphatic carbocycles. The first kappa shape index (κ1) is 18.3. The summed E-state index contributed by atoms with van der Waals surface area (Å²) in [6.07, 6.45) is 0.436. The standard InChI is InChI=1S/C26H23OP/c27-26(21-22-13-5-1-6-14-22)28(23-15-7-2-8-16-23,24-17-9-3-10-18-24)25-19-11-4-12-20-25/h1-20,28H,21H2. The van der Waals surface area contributed by atoms with Crippen LogP contribution >= 0.6 is 7.26 Å². The molecule has 0 spiro atoms. The third-order valence-corrected chi connectivity index (χ3v) is 9.86. The molecule has 1 nitrogen and oxygen atoms in total. The molecule has 4 aromatic rings. The zero-order chi connectivity index (χ0) is 19.2. The Morgan fingerprint density at radius 1 is 0.500 bits per heavy atom. The number of benzene rings is 4. The van der Waals surface area contributed by atoms with Crippen LogP contribution in [0, 0.1) is 0 Å². The van der Waals surface area contributed by atoms with Gasteiger partial charge in [-0.05, 0) is 0 Å². The molecule has 28 heavy (non-hydrogen) atoms. The van der Waals surface area contributed by atoms with Crippen molar-refractivity contribution >= 4 is 28.7 Å². The molecule has 0 unspecified atom stereocenters. The predicted molar refractivity (Wildman–Crippen MR) is 122 cm³/mol. The van der Waals surface area contributed by atoms with E-state index in [0.29, 0.717) is 11.9 Å². The zero-order valence-electron chi connectivity index (χ0n) is 15.7. The summed E-state index contributed by atoms with van der Waals surface area (Å²) in [5.74, 6) is 0. The van der Waals surface area contributed by atoms with Crippen molar-refractivity contribution < 1.29 is 4.79 Å². The molecule has 0 saturated heterocycles. The first-order chi connectivity index (χ1) is 13.8. The average Bonchev–Trinajstić information content (AvgIpc) is 2.77. The van der Waals surface area contributed by atoms with Gasteiger partial charge in [0.25, 0.3) is 0 Å². The topological polar surface area (TPSA) is 17.1 Å². The molecule has 0 heterocycles. The van der Waals surface area contributed by atoms with Gasteiger partial charge in [0.1, 0.15) is 0 Å². The van der Waals surface area contributed by atoms with E-state index in [2.05, 4.69) is 36.4 Å². The van der Waals surface area contributed by atoms with Gasteiger partial charge in [-0.25, -0.2) is 0 Å². The second kappa shape index (κ2) is 8.33. The summed E-state index contributed by atoms with van der Waals surface area (Å²) in [4.78, 5) is 14.1.